The van der Waals surface area contributed by atoms with Crippen LogP contribution < -0.4 is 11.2 Å². The maximum absolute atomic E-state index is 12.3. The molecule has 0 aliphatic heterocycles. The van der Waals surface area contributed by atoms with Gasteiger partial charge in [0.15, 0.2) is 5.82 Å². The van der Waals surface area contributed by atoms with Crippen LogP contribution in [0.5, 0.6) is 0 Å². The first-order chi connectivity index (χ1) is 11.1. The number of nitrogen functional groups attached to an aromatic ring is 1. The van der Waals surface area contributed by atoms with Crippen LogP contribution in [0.15, 0.2) is 29.7 Å². The van der Waals surface area contributed by atoms with Gasteiger partial charge < -0.3 is 11.2 Å². The average Bonchev–Trinajstić information content (AvgIpc) is 3.19. The summed E-state index contributed by atoms with van der Waals surface area (Å²) >= 11 is 1.31. The van der Waals surface area contributed by atoms with Crippen molar-refractivity contribution >= 4 is 17.7 Å². The lowest BCUT2D eigenvalue weighted by Gasteiger charge is -2.15. The number of carbonyl (C=O) groups excluding carboxylic acids is 1. The molecule has 1 amide bonds. The molecule has 0 unspecified atom stereocenters. The van der Waals surface area contributed by atoms with Crippen molar-refractivity contribution in [2.24, 2.45) is 0 Å². The van der Waals surface area contributed by atoms with E-state index in [1.54, 1.807) is 12.4 Å². The molecule has 0 spiro atoms. The van der Waals surface area contributed by atoms with Crippen molar-refractivity contribution in [1.29, 1.82) is 0 Å². The minimum atomic E-state index is -0.274. The number of thioether (sulfide) groups is 1. The predicted octanol–water partition coefficient (Wildman–Crippen LogP) is 1.59. The molecule has 122 valence electrons. The molecule has 0 aromatic carbocycles. The predicted molar refractivity (Wildman–Crippen MR) is 89.1 cm³/mol. The molecule has 1 saturated carbocycles. The van der Waals surface area contributed by atoms with Crippen LogP contribution >= 0.6 is 11.8 Å². The van der Waals surface area contributed by atoms with E-state index in [-0.39, 0.29) is 11.2 Å². The summed E-state index contributed by atoms with van der Waals surface area (Å²) < 4.78 is 1.40. The standard InChI is InChI=1S/C15H20N6OS/c1-10(14(22)18-12-6-2-3-7-12)23-15-20-19-13(21(15)16)11-5-4-8-17-9-11/h4-5,8-10,12H,2-3,6-7,16H2,1H3,(H,18,22)/t10-/m1/s1. The zero-order valence-electron chi connectivity index (χ0n) is 13.0. The highest BCUT2D eigenvalue weighted by Crippen LogP contribution is 2.25. The number of pyridine rings is 1. The van der Waals surface area contributed by atoms with Gasteiger partial charge in [0.1, 0.15) is 0 Å². The van der Waals surface area contributed by atoms with Gasteiger partial charge in [0.25, 0.3) is 0 Å². The number of rotatable bonds is 5. The molecule has 3 rings (SSSR count). The zero-order valence-corrected chi connectivity index (χ0v) is 13.8. The number of aromatic nitrogens is 4. The molecule has 1 fully saturated rings. The number of hydrogen-bond acceptors (Lipinski definition) is 6. The van der Waals surface area contributed by atoms with Crippen LogP contribution in [0, 0.1) is 0 Å². The number of nitrogens with two attached hydrogens (primary N) is 1. The second kappa shape index (κ2) is 6.99. The van der Waals surface area contributed by atoms with Crippen molar-refractivity contribution in [2.45, 2.75) is 49.1 Å². The highest BCUT2D eigenvalue weighted by Gasteiger charge is 2.23. The van der Waals surface area contributed by atoms with Crippen molar-refractivity contribution in [2.75, 3.05) is 5.84 Å². The highest BCUT2D eigenvalue weighted by molar-refractivity contribution is 8.00. The Labute approximate surface area is 139 Å². The van der Waals surface area contributed by atoms with Gasteiger partial charge in [-0.25, -0.2) is 4.68 Å². The van der Waals surface area contributed by atoms with Gasteiger partial charge in [-0.1, -0.05) is 24.6 Å². The molecule has 1 atom stereocenters. The molecule has 0 radical (unpaired) electrons. The van der Waals surface area contributed by atoms with E-state index in [0.717, 1.165) is 18.4 Å². The molecule has 23 heavy (non-hydrogen) atoms. The van der Waals surface area contributed by atoms with E-state index in [1.807, 2.05) is 19.1 Å². The van der Waals surface area contributed by atoms with E-state index in [2.05, 4.69) is 20.5 Å². The number of nitrogens with zero attached hydrogens (tertiary/aromatic N) is 4. The molecule has 1 aliphatic carbocycles. The van der Waals surface area contributed by atoms with Gasteiger partial charge in [0.2, 0.25) is 11.1 Å². The highest BCUT2D eigenvalue weighted by atomic mass is 32.2. The molecular formula is C15H20N6OS. The Morgan fingerprint density at radius 1 is 1.43 bits per heavy atom. The summed E-state index contributed by atoms with van der Waals surface area (Å²) in [7, 11) is 0. The first-order valence-corrected chi connectivity index (χ1v) is 8.61. The third kappa shape index (κ3) is 3.64. The summed E-state index contributed by atoms with van der Waals surface area (Å²) in [5.41, 5.74) is 0.789. The maximum atomic E-state index is 12.3. The van der Waals surface area contributed by atoms with Crippen LogP contribution in [0.1, 0.15) is 32.6 Å². The normalized spacial score (nSPS) is 16.4. The van der Waals surface area contributed by atoms with Crippen LogP contribution in [-0.2, 0) is 4.79 Å². The number of amides is 1. The molecule has 8 heteroatoms. The molecule has 0 saturated heterocycles. The summed E-state index contributed by atoms with van der Waals surface area (Å²) in [5.74, 6) is 6.61. The van der Waals surface area contributed by atoms with Gasteiger partial charge in [0.05, 0.1) is 5.25 Å². The van der Waals surface area contributed by atoms with Crippen LogP contribution in [0.25, 0.3) is 11.4 Å². The Bertz CT molecular complexity index is 668. The van der Waals surface area contributed by atoms with Gasteiger partial charge >= 0.3 is 0 Å². The Morgan fingerprint density at radius 3 is 2.91 bits per heavy atom. The maximum Gasteiger partial charge on any atom is 0.233 e. The lowest BCUT2D eigenvalue weighted by molar-refractivity contribution is -0.120. The Hall–Kier alpha value is -2.09. The Balaban J connectivity index is 1.66. The van der Waals surface area contributed by atoms with Crippen molar-refractivity contribution in [3.63, 3.8) is 0 Å². The monoisotopic (exact) mass is 332 g/mol. The van der Waals surface area contributed by atoms with Crippen molar-refractivity contribution in [3.8, 4) is 11.4 Å². The second-order valence-corrected chi connectivity index (χ2v) is 6.98. The van der Waals surface area contributed by atoms with E-state index in [4.69, 9.17) is 5.84 Å². The molecule has 2 aromatic heterocycles. The molecule has 3 N–H and O–H groups in total. The van der Waals surface area contributed by atoms with E-state index in [9.17, 15) is 4.79 Å². The molecular weight excluding hydrogens is 312 g/mol. The summed E-state index contributed by atoms with van der Waals surface area (Å²) in [4.78, 5) is 16.3. The topological polar surface area (TPSA) is 98.7 Å². The average molecular weight is 332 g/mol. The van der Waals surface area contributed by atoms with Crippen LogP contribution in [0.2, 0.25) is 0 Å². The van der Waals surface area contributed by atoms with Gasteiger partial charge in [-0.15, -0.1) is 10.2 Å². The lowest BCUT2D eigenvalue weighted by atomic mass is 10.2. The van der Waals surface area contributed by atoms with Gasteiger partial charge in [0, 0.05) is 24.0 Å². The van der Waals surface area contributed by atoms with Gasteiger partial charge in [-0.2, -0.15) is 0 Å². The largest absolute Gasteiger partial charge is 0.352 e. The Morgan fingerprint density at radius 2 is 2.22 bits per heavy atom. The molecule has 0 bridgehead atoms. The van der Waals surface area contributed by atoms with Crippen LogP contribution in [0.4, 0.5) is 0 Å². The summed E-state index contributed by atoms with van der Waals surface area (Å²) in [6, 6.07) is 3.99. The van der Waals surface area contributed by atoms with Gasteiger partial charge in [-0.3, -0.25) is 9.78 Å². The van der Waals surface area contributed by atoms with Crippen LogP contribution in [-0.4, -0.2) is 37.1 Å². The van der Waals surface area contributed by atoms with Crippen molar-refractivity contribution < 1.29 is 4.79 Å². The molecule has 2 aromatic rings. The number of carbonyl (C=O) groups is 1. The molecule has 1 aliphatic rings. The first-order valence-electron chi connectivity index (χ1n) is 7.73. The third-order valence-electron chi connectivity index (χ3n) is 3.94. The SMILES string of the molecule is C[C@@H](Sc1nnc(-c2cccnc2)n1N)C(=O)NC1CCCC1. The lowest BCUT2D eigenvalue weighted by Crippen LogP contribution is -2.37. The van der Waals surface area contributed by atoms with Gasteiger partial charge in [-0.05, 0) is 31.9 Å². The van der Waals surface area contributed by atoms with E-state index < -0.39 is 0 Å². The number of hydrogen-bond donors (Lipinski definition) is 2. The summed E-state index contributed by atoms with van der Waals surface area (Å²) in [6.07, 6.45) is 7.89. The fraction of sp³-hybridized carbons (Fsp3) is 0.467. The Kier molecular flexibility index (Phi) is 4.80. The third-order valence-corrected chi connectivity index (χ3v) is 4.99. The van der Waals surface area contributed by atoms with Crippen LogP contribution in [0.3, 0.4) is 0 Å². The second-order valence-electron chi connectivity index (χ2n) is 5.67. The fourth-order valence-electron chi connectivity index (χ4n) is 2.65. The molecule has 7 nitrogen and oxygen atoms in total. The van der Waals surface area contributed by atoms with E-state index >= 15 is 0 Å². The van der Waals surface area contributed by atoms with Crippen molar-refractivity contribution in [1.82, 2.24) is 25.2 Å². The fourth-order valence-corrected chi connectivity index (χ4v) is 3.43. The minimum Gasteiger partial charge on any atom is -0.352 e. The number of nitrogens with one attached hydrogen (secondary N) is 1. The zero-order chi connectivity index (χ0) is 16.2. The van der Waals surface area contributed by atoms with E-state index in [0.29, 0.717) is 17.0 Å². The smallest absolute Gasteiger partial charge is 0.233 e. The quantitative estimate of drug-likeness (QED) is 0.637. The summed E-state index contributed by atoms with van der Waals surface area (Å²) in [6.45, 7) is 1.85. The minimum absolute atomic E-state index is 0.0211. The summed E-state index contributed by atoms with van der Waals surface area (Å²) in [5, 5.41) is 11.5. The van der Waals surface area contributed by atoms with Crippen molar-refractivity contribution in [3.05, 3.63) is 24.5 Å². The first kappa shape index (κ1) is 15.8. The molecule has 2 heterocycles. The van der Waals surface area contributed by atoms with E-state index in [1.165, 1.54) is 29.3 Å².